The monoisotopic (exact) mass is 289 g/mol. The average Bonchev–Trinajstić information content (AvgIpc) is 2.32. The summed E-state index contributed by atoms with van der Waals surface area (Å²) in [5, 5.41) is 21.1. The van der Waals surface area contributed by atoms with Gasteiger partial charge >= 0.3 is 12.1 Å². The van der Waals surface area contributed by atoms with Gasteiger partial charge in [0, 0.05) is 5.69 Å². The molecule has 20 heavy (non-hydrogen) atoms. The molecule has 1 aliphatic carbocycles. The van der Waals surface area contributed by atoms with Crippen LogP contribution in [0.25, 0.3) is 0 Å². The number of nitrogens with one attached hydrogen (secondary N) is 1. The fraction of sp³-hybridized carbons (Fsp3) is 0.462. The number of carbonyl (C=O) groups is 1. The summed E-state index contributed by atoms with van der Waals surface area (Å²) in [4.78, 5) is 11.0. The number of aliphatic hydroxyl groups excluding tert-OH is 1. The van der Waals surface area contributed by atoms with E-state index in [1.54, 1.807) is 0 Å². The van der Waals surface area contributed by atoms with Crippen LogP contribution in [0.5, 0.6) is 0 Å². The summed E-state index contributed by atoms with van der Waals surface area (Å²) in [6.45, 7) is -0.142. The van der Waals surface area contributed by atoms with Crippen LogP contribution in [-0.4, -0.2) is 28.3 Å². The Bertz CT molecular complexity index is 519. The molecule has 1 saturated carbocycles. The van der Waals surface area contributed by atoms with Crippen LogP contribution < -0.4 is 5.32 Å². The highest BCUT2D eigenvalue weighted by atomic mass is 19.4. The maximum atomic E-state index is 12.7. The molecule has 0 amide bonds. The third-order valence-corrected chi connectivity index (χ3v) is 3.58. The van der Waals surface area contributed by atoms with Crippen LogP contribution >= 0.6 is 0 Å². The molecule has 0 aromatic heterocycles. The van der Waals surface area contributed by atoms with E-state index in [2.05, 4.69) is 5.32 Å². The average molecular weight is 289 g/mol. The van der Waals surface area contributed by atoms with Crippen molar-refractivity contribution < 1.29 is 28.2 Å². The molecule has 0 atom stereocenters. The zero-order valence-electron chi connectivity index (χ0n) is 10.5. The molecule has 0 bridgehead atoms. The number of carboxylic acid groups (broad SMARTS) is 1. The Balaban J connectivity index is 2.33. The maximum Gasteiger partial charge on any atom is 0.417 e. The Labute approximate surface area is 113 Å². The summed E-state index contributed by atoms with van der Waals surface area (Å²) in [7, 11) is 0. The molecule has 1 aromatic carbocycles. The number of benzene rings is 1. The first-order valence-corrected chi connectivity index (χ1v) is 6.11. The quantitative estimate of drug-likeness (QED) is 0.797. The maximum absolute atomic E-state index is 12.7. The number of aliphatic hydroxyl groups is 1. The molecule has 0 spiro atoms. The molecule has 7 heteroatoms. The first-order chi connectivity index (χ1) is 9.27. The van der Waals surface area contributed by atoms with Crippen LogP contribution in [0, 0.1) is 0 Å². The van der Waals surface area contributed by atoms with Crippen LogP contribution in [0.1, 0.15) is 35.2 Å². The number of anilines is 1. The van der Waals surface area contributed by atoms with Crippen molar-refractivity contribution in [3.05, 3.63) is 29.3 Å². The van der Waals surface area contributed by atoms with Gasteiger partial charge in [-0.25, -0.2) is 4.79 Å². The molecule has 0 radical (unpaired) electrons. The third kappa shape index (κ3) is 2.72. The first-order valence-electron chi connectivity index (χ1n) is 6.11. The summed E-state index contributed by atoms with van der Waals surface area (Å²) in [5.41, 5.74) is -2.25. The minimum absolute atomic E-state index is 0.142. The van der Waals surface area contributed by atoms with E-state index >= 15 is 0 Å². The predicted molar refractivity (Wildman–Crippen MR) is 65.7 cm³/mol. The SMILES string of the molecule is O=C(O)c1cc(NC2(CO)CCC2)ccc1C(F)(F)F. The molecule has 0 saturated heterocycles. The van der Waals surface area contributed by atoms with Crippen LogP contribution in [-0.2, 0) is 6.18 Å². The molecule has 110 valence electrons. The summed E-state index contributed by atoms with van der Waals surface area (Å²) < 4.78 is 38.1. The Hall–Kier alpha value is -1.76. The standard InChI is InChI=1S/C13H14F3NO3/c14-13(15,16)10-3-2-8(6-9(10)11(19)20)17-12(7-18)4-1-5-12/h2-3,6,17-18H,1,4-5,7H2,(H,19,20). The minimum atomic E-state index is -4.71. The highest BCUT2D eigenvalue weighted by Gasteiger charge is 2.38. The van der Waals surface area contributed by atoms with Crippen molar-refractivity contribution in [2.75, 3.05) is 11.9 Å². The molecule has 4 nitrogen and oxygen atoms in total. The molecule has 2 rings (SSSR count). The lowest BCUT2D eigenvalue weighted by Gasteiger charge is -2.42. The summed E-state index contributed by atoms with van der Waals surface area (Å²) in [6, 6.07) is 2.89. The second-order valence-electron chi connectivity index (χ2n) is 4.98. The number of hydrogen-bond acceptors (Lipinski definition) is 3. The van der Waals surface area contributed by atoms with E-state index in [1.807, 2.05) is 0 Å². The van der Waals surface area contributed by atoms with E-state index < -0.39 is 28.8 Å². The molecule has 1 aromatic rings. The molecular formula is C13H14F3NO3. The summed E-state index contributed by atoms with van der Waals surface area (Å²) >= 11 is 0. The molecule has 0 unspecified atom stereocenters. The van der Waals surface area contributed by atoms with Gasteiger partial charge in [0.25, 0.3) is 0 Å². The van der Waals surface area contributed by atoms with Crippen molar-refractivity contribution in [1.82, 2.24) is 0 Å². The van der Waals surface area contributed by atoms with Crippen molar-refractivity contribution in [3.63, 3.8) is 0 Å². The number of carboxylic acids is 1. The van der Waals surface area contributed by atoms with Crippen LogP contribution in [0.3, 0.4) is 0 Å². The first kappa shape index (κ1) is 14.6. The van der Waals surface area contributed by atoms with E-state index in [0.29, 0.717) is 12.8 Å². The van der Waals surface area contributed by atoms with Gasteiger partial charge < -0.3 is 15.5 Å². The molecule has 1 fully saturated rings. The fourth-order valence-corrected chi connectivity index (χ4v) is 2.28. The largest absolute Gasteiger partial charge is 0.478 e. The normalized spacial score (nSPS) is 17.4. The van der Waals surface area contributed by atoms with Crippen molar-refractivity contribution in [2.24, 2.45) is 0 Å². The van der Waals surface area contributed by atoms with Crippen LogP contribution in [0.4, 0.5) is 18.9 Å². The number of halogens is 3. The lowest BCUT2D eigenvalue weighted by Crippen LogP contribution is -2.48. The van der Waals surface area contributed by atoms with Crippen LogP contribution in [0.15, 0.2) is 18.2 Å². The third-order valence-electron chi connectivity index (χ3n) is 3.58. The van der Waals surface area contributed by atoms with Crippen molar-refractivity contribution in [1.29, 1.82) is 0 Å². The Morgan fingerprint density at radius 3 is 2.40 bits per heavy atom. The van der Waals surface area contributed by atoms with Crippen molar-refractivity contribution in [3.8, 4) is 0 Å². The zero-order valence-corrected chi connectivity index (χ0v) is 10.5. The minimum Gasteiger partial charge on any atom is -0.478 e. The fourth-order valence-electron chi connectivity index (χ4n) is 2.28. The van der Waals surface area contributed by atoms with Crippen molar-refractivity contribution in [2.45, 2.75) is 31.0 Å². The van der Waals surface area contributed by atoms with Gasteiger partial charge in [-0.2, -0.15) is 13.2 Å². The second-order valence-corrected chi connectivity index (χ2v) is 4.98. The van der Waals surface area contributed by atoms with Gasteiger partial charge in [-0.1, -0.05) is 0 Å². The zero-order chi connectivity index (χ0) is 15.0. The summed E-state index contributed by atoms with van der Waals surface area (Å²) in [5.74, 6) is -1.63. The Morgan fingerprint density at radius 1 is 1.35 bits per heavy atom. The highest BCUT2D eigenvalue weighted by molar-refractivity contribution is 5.91. The predicted octanol–water partition coefficient (Wildman–Crippen LogP) is 2.73. The van der Waals surface area contributed by atoms with Gasteiger partial charge in [-0.05, 0) is 37.5 Å². The molecule has 0 heterocycles. The summed E-state index contributed by atoms with van der Waals surface area (Å²) in [6.07, 6.45) is -2.39. The van der Waals surface area contributed by atoms with Crippen molar-refractivity contribution >= 4 is 11.7 Å². The topological polar surface area (TPSA) is 69.6 Å². The highest BCUT2D eigenvalue weighted by Crippen LogP contribution is 2.37. The Morgan fingerprint density at radius 2 is 2.00 bits per heavy atom. The van der Waals surface area contributed by atoms with E-state index in [1.165, 1.54) is 6.07 Å². The number of hydrogen-bond donors (Lipinski definition) is 3. The molecule has 0 aliphatic heterocycles. The Kier molecular flexibility index (Phi) is 3.64. The smallest absolute Gasteiger partial charge is 0.417 e. The number of rotatable bonds is 4. The second kappa shape index (κ2) is 4.97. The van der Waals surface area contributed by atoms with Gasteiger partial charge in [0.15, 0.2) is 0 Å². The lowest BCUT2D eigenvalue weighted by atomic mass is 9.77. The van der Waals surface area contributed by atoms with E-state index in [4.69, 9.17) is 5.11 Å². The van der Waals surface area contributed by atoms with Gasteiger partial charge in [0.2, 0.25) is 0 Å². The van der Waals surface area contributed by atoms with E-state index in [0.717, 1.165) is 18.6 Å². The van der Waals surface area contributed by atoms with Gasteiger partial charge in [-0.3, -0.25) is 0 Å². The molecular weight excluding hydrogens is 275 g/mol. The van der Waals surface area contributed by atoms with Gasteiger partial charge in [0.05, 0.1) is 23.3 Å². The lowest BCUT2D eigenvalue weighted by molar-refractivity contribution is -0.138. The number of aromatic carboxylic acids is 1. The molecule has 1 aliphatic rings. The van der Waals surface area contributed by atoms with Crippen LogP contribution in [0.2, 0.25) is 0 Å². The van der Waals surface area contributed by atoms with E-state index in [-0.39, 0.29) is 12.3 Å². The van der Waals surface area contributed by atoms with E-state index in [9.17, 15) is 23.1 Å². The molecule has 3 N–H and O–H groups in total. The van der Waals surface area contributed by atoms with Gasteiger partial charge in [-0.15, -0.1) is 0 Å². The van der Waals surface area contributed by atoms with Gasteiger partial charge in [0.1, 0.15) is 0 Å². The number of alkyl halides is 3.